The number of nitrogens with zero attached hydrogens (tertiary/aromatic N) is 1. The van der Waals surface area contributed by atoms with Crippen molar-refractivity contribution in [2.24, 2.45) is 0 Å². The van der Waals surface area contributed by atoms with Gasteiger partial charge in [-0.3, -0.25) is 4.98 Å². The third-order valence-electron chi connectivity index (χ3n) is 1.28. The first-order valence-electron chi connectivity index (χ1n) is 2.99. The van der Waals surface area contributed by atoms with E-state index in [9.17, 15) is 0 Å². The van der Waals surface area contributed by atoms with Crippen molar-refractivity contribution in [3.05, 3.63) is 28.7 Å². The van der Waals surface area contributed by atoms with E-state index in [1.54, 1.807) is 23.1 Å². The summed E-state index contributed by atoms with van der Waals surface area (Å²) in [6.07, 6.45) is 3.53. The van der Waals surface area contributed by atoms with Crippen LogP contribution in [-0.4, -0.2) is 4.98 Å². The van der Waals surface area contributed by atoms with E-state index in [2.05, 4.69) is 20.9 Å². The molecule has 2 aromatic heterocycles. The van der Waals surface area contributed by atoms with Crippen molar-refractivity contribution >= 4 is 27.3 Å². The Labute approximate surface area is 76.0 Å². The van der Waals surface area contributed by atoms with Gasteiger partial charge in [-0.05, 0) is 22.0 Å². The minimum atomic E-state index is 0.751. The van der Waals surface area contributed by atoms with E-state index in [1.165, 1.54) is 0 Å². The third-order valence-corrected chi connectivity index (χ3v) is 2.52. The monoisotopic (exact) mass is 229 g/mol. The Hall–Kier alpha value is -0.610. The fourth-order valence-corrected chi connectivity index (χ4v) is 1.74. The predicted molar refractivity (Wildman–Crippen MR) is 47.5 cm³/mol. The van der Waals surface area contributed by atoms with Gasteiger partial charge in [0.25, 0.3) is 0 Å². The molecule has 2 rings (SSSR count). The van der Waals surface area contributed by atoms with E-state index >= 15 is 0 Å². The summed E-state index contributed by atoms with van der Waals surface area (Å²) in [6, 6.07) is 1.92. The van der Waals surface area contributed by atoms with Crippen LogP contribution in [0.2, 0.25) is 0 Å². The van der Waals surface area contributed by atoms with Gasteiger partial charge in [-0.25, -0.2) is 0 Å². The maximum atomic E-state index is 5.08. The second kappa shape index (κ2) is 2.79. The Kier molecular flexibility index (Phi) is 1.79. The average Bonchev–Trinajstić information content (AvgIpc) is 2.55. The molecule has 0 saturated heterocycles. The molecule has 0 fully saturated rings. The molecule has 0 radical (unpaired) electrons. The molecule has 0 aliphatic heterocycles. The van der Waals surface area contributed by atoms with Crippen molar-refractivity contribution < 1.29 is 4.42 Å². The molecule has 4 heteroatoms. The van der Waals surface area contributed by atoms with E-state index in [4.69, 9.17) is 4.42 Å². The lowest BCUT2D eigenvalue weighted by Gasteiger charge is -1.82. The van der Waals surface area contributed by atoms with Gasteiger partial charge in [0.05, 0.1) is 10.4 Å². The van der Waals surface area contributed by atoms with Gasteiger partial charge >= 0.3 is 0 Å². The normalized spacial score (nSPS) is 10.3. The summed E-state index contributed by atoms with van der Waals surface area (Å²) in [5.41, 5.74) is 2.87. The fraction of sp³-hybridized carbons (Fsp3) is 0. The third kappa shape index (κ3) is 1.36. The fourth-order valence-electron chi connectivity index (χ4n) is 0.798. The SMILES string of the molecule is Brc1cc(-c2cncs2)co1. The summed E-state index contributed by atoms with van der Waals surface area (Å²) in [5.74, 6) is 0. The number of halogens is 1. The molecule has 2 nitrogen and oxygen atoms in total. The second-order valence-electron chi connectivity index (χ2n) is 2.01. The number of thiazole rings is 1. The van der Waals surface area contributed by atoms with Gasteiger partial charge in [0.2, 0.25) is 0 Å². The molecule has 0 N–H and O–H groups in total. The number of hydrogen-bond acceptors (Lipinski definition) is 3. The van der Waals surface area contributed by atoms with Crippen LogP contribution in [0.5, 0.6) is 0 Å². The highest BCUT2D eigenvalue weighted by atomic mass is 79.9. The number of hydrogen-bond donors (Lipinski definition) is 0. The van der Waals surface area contributed by atoms with Crippen molar-refractivity contribution in [3.63, 3.8) is 0 Å². The predicted octanol–water partition coefficient (Wildman–Crippen LogP) is 3.17. The van der Waals surface area contributed by atoms with Gasteiger partial charge in [0, 0.05) is 11.8 Å². The summed E-state index contributed by atoms with van der Waals surface area (Å²) in [7, 11) is 0. The Balaban J connectivity index is 2.45. The highest BCUT2D eigenvalue weighted by molar-refractivity contribution is 9.10. The molecule has 11 heavy (non-hydrogen) atoms. The molecule has 0 saturated carbocycles. The Morgan fingerprint density at radius 2 is 2.45 bits per heavy atom. The molecular formula is C7H4BrNOS. The zero-order chi connectivity index (χ0) is 7.68. The molecule has 0 aliphatic rings. The maximum Gasteiger partial charge on any atom is 0.169 e. The van der Waals surface area contributed by atoms with Crippen LogP contribution in [0.1, 0.15) is 0 Å². The first kappa shape index (κ1) is 7.06. The van der Waals surface area contributed by atoms with Crippen molar-refractivity contribution in [2.75, 3.05) is 0 Å². The van der Waals surface area contributed by atoms with Crippen LogP contribution in [0.15, 0.2) is 33.1 Å². The van der Waals surface area contributed by atoms with E-state index in [-0.39, 0.29) is 0 Å². The average molecular weight is 230 g/mol. The van der Waals surface area contributed by atoms with Crippen LogP contribution < -0.4 is 0 Å². The summed E-state index contributed by atoms with van der Waals surface area (Å²) in [4.78, 5) is 5.09. The zero-order valence-electron chi connectivity index (χ0n) is 5.45. The standard InChI is InChI=1S/C7H4BrNOS/c8-7-1-5(3-10-7)6-2-9-4-11-6/h1-4H. The van der Waals surface area contributed by atoms with E-state index < -0.39 is 0 Å². The van der Waals surface area contributed by atoms with Gasteiger partial charge in [-0.15, -0.1) is 11.3 Å². The van der Waals surface area contributed by atoms with Crippen LogP contribution in [0.4, 0.5) is 0 Å². The Bertz CT molecular complexity index is 341. The minimum absolute atomic E-state index is 0.751. The molecule has 0 spiro atoms. The topological polar surface area (TPSA) is 26.0 Å². The molecule has 0 bridgehead atoms. The molecule has 0 atom stereocenters. The van der Waals surface area contributed by atoms with Crippen molar-refractivity contribution in [2.45, 2.75) is 0 Å². The number of furan rings is 1. The van der Waals surface area contributed by atoms with Crippen LogP contribution in [0.3, 0.4) is 0 Å². The van der Waals surface area contributed by atoms with Crippen LogP contribution in [-0.2, 0) is 0 Å². The minimum Gasteiger partial charge on any atom is -0.457 e. The highest BCUT2D eigenvalue weighted by Gasteiger charge is 2.02. The molecule has 2 aromatic rings. The summed E-state index contributed by atoms with van der Waals surface area (Å²) in [5, 5.41) is 0. The van der Waals surface area contributed by atoms with E-state index in [0.29, 0.717) is 0 Å². The Morgan fingerprint density at radius 3 is 3.00 bits per heavy atom. The Morgan fingerprint density at radius 1 is 1.55 bits per heavy atom. The first-order valence-corrected chi connectivity index (χ1v) is 4.66. The van der Waals surface area contributed by atoms with Gasteiger partial charge in [0.1, 0.15) is 6.26 Å². The van der Waals surface area contributed by atoms with Gasteiger partial charge in [0.15, 0.2) is 4.67 Å². The van der Waals surface area contributed by atoms with Crippen molar-refractivity contribution in [1.82, 2.24) is 4.98 Å². The molecule has 0 unspecified atom stereocenters. The highest BCUT2D eigenvalue weighted by Crippen LogP contribution is 2.27. The molecule has 0 aromatic carbocycles. The number of rotatable bonds is 1. The summed E-state index contributed by atoms with van der Waals surface area (Å²) < 4.78 is 5.83. The lowest BCUT2D eigenvalue weighted by molar-refractivity contribution is 0.542. The maximum absolute atomic E-state index is 5.08. The van der Waals surface area contributed by atoms with E-state index in [0.717, 1.165) is 15.1 Å². The molecule has 0 aliphatic carbocycles. The van der Waals surface area contributed by atoms with Crippen LogP contribution in [0, 0.1) is 0 Å². The van der Waals surface area contributed by atoms with Crippen LogP contribution in [0.25, 0.3) is 10.4 Å². The van der Waals surface area contributed by atoms with Crippen molar-refractivity contribution in [1.29, 1.82) is 0 Å². The van der Waals surface area contributed by atoms with Crippen molar-refractivity contribution in [3.8, 4) is 10.4 Å². The van der Waals surface area contributed by atoms with Gasteiger partial charge < -0.3 is 4.42 Å². The smallest absolute Gasteiger partial charge is 0.169 e. The van der Waals surface area contributed by atoms with E-state index in [1.807, 2.05) is 12.3 Å². The lowest BCUT2D eigenvalue weighted by atomic mass is 10.3. The van der Waals surface area contributed by atoms with Crippen LogP contribution >= 0.6 is 27.3 Å². The van der Waals surface area contributed by atoms with Gasteiger partial charge in [-0.1, -0.05) is 0 Å². The van der Waals surface area contributed by atoms with Gasteiger partial charge in [-0.2, -0.15) is 0 Å². The second-order valence-corrected chi connectivity index (χ2v) is 3.67. The molecule has 0 amide bonds. The first-order chi connectivity index (χ1) is 5.36. The largest absolute Gasteiger partial charge is 0.457 e. The molecular weight excluding hydrogens is 226 g/mol. The molecule has 2 heterocycles. The quantitative estimate of drug-likeness (QED) is 0.751. The summed E-state index contributed by atoms with van der Waals surface area (Å²) in [6.45, 7) is 0. The number of aromatic nitrogens is 1. The molecule has 56 valence electrons. The lowest BCUT2D eigenvalue weighted by Crippen LogP contribution is -1.60. The zero-order valence-corrected chi connectivity index (χ0v) is 7.85. The summed E-state index contributed by atoms with van der Waals surface area (Å²) >= 11 is 4.83.